The summed E-state index contributed by atoms with van der Waals surface area (Å²) in [4.78, 5) is 23.8. The van der Waals surface area contributed by atoms with Gasteiger partial charge in [0.1, 0.15) is 0 Å². The molecule has 5 heteroatoms. The van der Waals surface area contributed by atoms with Crippen molar-refractivity contribution in [3.63, 3.8) is 0 Å². The van der Waals surface area contributed by atoms with Crippen molar-refractivity contribution in [2.45, 2.75) is 12.5 Å². The second-order valence-corrected chi connectivity index (χ2v) is 3.51. The van der Waals surface area contributed by atoms with Crippen molar-refractivity contribution in [1.82, 2.24) is 4.90 Å². The van der Waals surface area contributed by atoms with Crippen LogP contribution < -0.4 is 0 Å². The maximum absolute atomic E-state index is 11.4. The average molecular weight is 185 g/mol. The predicted octanol–water partition coefficient (Wildman–Crippen LogP) is -1.66. The second kappa shape index (κ2) is 2.78. The van der Waals surface area contributed by atoms with Crippen molar-refractivity contribution in [3.8, 4) is 0 Å². The summed E-state index contributed by atoms with van der Waals surface area (Å²) in [5, 5.41) is 17.6. The molecule has 2 fully saturated rings. The quantitative estimate of drug-likeness (QED) is 0.516. The molecule has 2 N–H and O–H groups in total. The number of aliphatic hydroxyl groups is 2. The van der Waals surface area contributed by atoms with Crippen LogP contribution in [-0.4, -0.2) is 46.2 Å². The number of hydrogen-bond acceptors (Lipinski definition) is 4. The Labute approximate surface area is 75.0 Å². The lowest BCUT2D eigenvalue weighted by molar-refractivity contribution is -0.146. The molecule has 2 unspecified atom stereocenters. The zero-order chi connectivity index (χ0) is 9.59. The van der Waals surface area contributed by atoms with E-state index in [9.17, 15) is 9.59 Å². The molecular weight excluding hydrogens is 174 g/mol. The summed E-state index contributed by atoms with van der Waals surface area (Å²) in [5.41, 5.74) is 0. The topological polar surface area (TPSA) is 77.8 Å². The first-order valence-corrected chi connectivity index (χ1v) is 4.29. The van der Waals surface area contributed by atoms with Gasteiger partial charge < -0.3 is 10.2 Å². The predicted molar refractivity (Wildman–Crippen MR) is 41.4 cm³/mol. The van der Waals surface area contributed by atoms with E-state index in [1.807, 2.05) is 0 Å². The Morgan fingerprint density at radius 3 is 2.08 bits per heavy atom. The molecule has 2 amide bonds. The van der Waals surface area contributed by atoms with Crippen LogP contribution in [-0.2, 0) is 9.59 Å². The molecule has 5 nitrogen and oxygen atoms in total. The van der Waals surface area contributed by atoms with Crippen LogP contribution in [0.25, 0.3) is 0 Å². The lowest BCUT2D eigenvalue weighted by Gasteiger charge is -2.23. The van der Waals surface area contributed by atoms with E-state index in [-0.39, 0.29) is 36.9 Å². The van der Waals surface area contributed by atoms with Crippen molar-refractivity contribution in [2.24, 2.45) is 11.8 Å². The number of amides is 2. The van der Waals surface area contributed by atoms with Crippen LogP contribution in [0.3, 0.4) is 0 Å². The van der Waals surface area contributed by atoms with Crippen LogP contribution in [0, 0.1) is 11.8 Å². The maximum Gasteiger partial charge on any atom is 0.233 e. The fourth-order valence-electron chi connectivity index (χ4n) is 1.79. The van der Waals surface area contributed by atoms with Crippen LogP contribution in [0.5, 0.6) is 0 Å². The van der Waals surface area contributed by atoms with E-state index in [1.165, 1.54) is 0 Å². The molecule has 2 aliphatic rings. The van der Waals surface area contributed by atoms with Crippen LogP contribution in [0.4, 0.5) is 0 Å². The molecule has 0 spiro atoms. The van der Waals surface area contributed by atoms with E-state index >= 15 is 0 Å². The van der Waals surface area contributed by atoms with Crippen LogP contribution >= 0.6 is 0 Å². The molecule has 1 aliphatic carbocycles. The van der Waals surface area contributed by atoms with Gasteiger partial charge in [-0.15, -0.1) is 0 Å². The van der Waals surface area contributed by atoms with E-state index in [0.29, 0.717) is 6.42 Å². The molecule has 72 valence electrons. The van der Waals surface area contributed by atoms with E-state index in [1.54, 1.807) is 0 Å². The van der Waals surface area contributed by atoms with Crippen LogP contribution in [0.15, 0.2) is 0 Å². The third-order valence-electron chi connectivity index (χ3n) is 2.69. The Morgan fingerprint density at radius 1 is 1.23 bits per heavy atom. The number of likely N-dealkylation sites (tertiary alicyclic amines) is 1. The Balaban J connectivity index is 2.15. The molecule has 0 aromatic rings. The van der Waals surface area contributed by atoms with E-state index in [4.69, 9.17) is 10.2 Å². The summed E-state index contributed by atoms with van der Waals surface area (Å²) in [6, 6.07) is -0.743. The van der Waals surface area contributed by atoms with Gasteiger partial charge in [0.05, 0.1) is 31.1 Å². The molecule has 1 heterocycles. The number of piperidine rings is 1. The third kappa shape index (κ3) is 1.08. The van der Waals surface area contributed by atoms with E-state index in [0.717, 1.165) is 4.90 Å². The van der Waals surface area contributed by atoms with E-state index in [2.05, 4.69) is 0 Å². The molecule has 1 saturated carbocycles. The number of fused-ring (bicyclic) bond motifs is 1. The monoisotopic (exact) mass is 185 g/mol. The molecule has 0 aromatic heterocycles. The molecule has 0 aromatic carbocycles. The SMILES string of the molecule is O=C1C2CC2C(=O)N1C(CO)CO. The van der Waals surface area contributed by atoms with Gasteiger partial charge in [-0.1, -0.05) is 0 Å². The van der Waals surface area contributed by atoms with Gasteiger partial charge >= 0.3 is 0 Å². The Kier molecular flexibility index (Phi) is 1.85. The summed E-state index contributed by atoms with van der Waals surface area (Å²) < 4.78 is 0. The number of hydrogen-bond donors (Lipinski definition) is 2. The van der Waals surface area contributed by atoms with Gasteiger partial charge in [-0.05, 0) is 6.42 Å². The second-order valence-electron chi connectivity index (χ2n) is 3.51. The first-order valence-electron chi connectivity index (χ1n) is 4.29. The minimum absolute atomic E-state index is 0.159. The highest BCUT2D eigenvalue weighted by Crippen LogP contribution is 2.47. The number of carbonyl (C=O) groups is 2. The number of imide groups is 1. The Morgan fingerprint density at radius 2 is 1.69 bits per heavy atom. The molecule has 13 heavy (non-hydrogen) atoms. The summed E-state index contributed by atoms with van der Waals surface area (Å²) >= 11 is 0. The smallest absolute Gasteiger partial charge is 0.233 e. The van der Waals surface area contributed by atoms with Gasteiger partial charge in [0.25, 0.3) is 0 Å². The average Bonchev–Trinajstić information content (AvgIpc) is 2.86. The summed E-state index contributed by atoms with van der Waals surface area (Å²) in [5.74, 6) is -0.785. The molecule has 2 atom stereocenters. The fourth-order valence-corrected chi connectivity index (χ4v) is 1.79. The lowest BCUT2D eigenvalue weighted by Crippen LogP contribution is -2.46. The highest BCUT2D eigenvalue weighted by molar-refractivity contribution is 6.09. The first-order chi connectivity index (χ1) is 6.20. The highest BCUT2D eigenvalue weighted by atomic mass is 16.3. The summed E-state index contributed by atoms with van der Waals surface area (Å²) in [6.45, 7) is -0.735. The lowest BCUT2D eigenvalue weighted by atomic mass is 10.2. The number of aliphatic hydroxyl groups excluding tert-OH is 2. The zero-order valence-corrected chi connectivity index (χ0v) is 7.01. The van der Waals surface area contributed by atoms with Crippen molar-refractivity contribution in [2.75, 3.05) is 13.2 Å². The molecule has 1 saturated heterocycles. The molecule has 2 rings (SSSR count). The summed E-state index contributed by atoms with van der Waals surface area (Å²) in [6.07, 6.45) is 0.651. The van der Waals surface area contributed by atoms with Gasteiger partial charge in [0, 0.05) is 0 Å². The van der Waals surface area contributed by atoms with Gasteiger partial charge in [-0.3, -0.25) is 14.5 Å². The maximum atomic E-state index is 11.4. The summed E-state index contributed by atoms with van der Waals surface area (Å²) in [7, 11) is 0. The van der Waals surface area contributed by atoms with Crippen molar-refractivity contribution in [1.29, 1.82) is 0 Å². The molecule has 1 aliphatic heterocycles. The largest absolute Gasteiger partial charge is 0.394 e. The minimum atomic E-state index is -0.743. The fraction of sp³-hybridized carbons (Fsp3) is 0.750. The van der Waals surface area contributed by atoms with Crippen molar-refractivity contribution in [3.05, 3.63) is 0 Å². The zero-order valence-electron chi connectivity index (χ0n) is 7.01. The van der Waals surface area contributed by atoms with Gasteiger partial charge in [-0.2, -0.15) is 0 Å². The first kappa shape index (κ1) is 8.65. The minimum Gasteiger partial charge on any atom is -0.394 e. The van der Waals surface area contributed by atoms with Gasteiger partial charge in [0.2, 0.25) is 11.8 Å². The standard InChI is InChI=1S/C8H11NO4/c10-2-4(3-11)9-7(12)5-1-6(5)8(9)13/h4-6,10-11H,1-3H2. The highest BCUT2D eigenvalue weighted by Gasteiger charge is 2.60. The number of carbonyl (C=O) groups excluding carboxylic acids is 2. The molecule has 0 radical (unpaired) electrons. The number of nitrogens with zero attached hydrogens (tertiary/aromatic N) is 1. The Hall–Kier alpha value is -0.940. The van der Waals surface area contributed by atoms with Gasteiger partial charge in [0.15, 0.2) is 0 Å². The molecular formula is C8H11NO4. The van der Waals surface area contributed by atoms with E-state index < -0.39 is 6.04 Å². The van der Waals surface area contributed by atoms with Crippen molar-refractivity contribution < 1.29 is 19.8 Å². The molecule has 0 bridgehead atoms. The Bertz CT molecular complexity index is 241. The van der Waals surface area contributed by atoms with Gasteiger partial charge in [-0.25, -0.2) is 0 Å². The third-order valence-corrected chi connectivity index (χ3v) is 2.69. The van der Waals surface area contributed by atoms with Crippen molar-refractivity contribution >= 4 is 11.8 Å². The van der Waals surface area contributed by atoms with Crippen LogP contribution in [0.2, 0.25) is 0 Å². The number of rotatable bonds is 3. The normalized spacial score (nSPS) is 31.5. The van der Waals surface area contributed by atoms with Crippen LogP contribution in [0.1, 0.15) is 6.42 Å².